The van der Waals surface area contributed by atoms with Crippen molar-refractivity contribution in [1.82, 2.24) is 4.72 Å². The minimum absolute atomic E-state index is 0.0299. The van der Waals surface area contributed by atoms with Crippen molar-refractivity contribution in [2.45, 2.75) is 37.8 Å². The number of halogens is 1. The molecule has 0 fully saturated rings. The fourth-order valence-corrected chi connectivity index (χ4v) is 3.81. The van der Waals surface area contributed by atoms with Crippen molar-refractivity contribution in [2.24, 2.45) is 5.73 Å². The van der Waals surface area contributed by atoms with E-state index in [-0.39, 0.29) is 23.0 Å². The average Bonchev–Trinajstić information content (AvgIpc) is 2.38. The monoisotopic (exact) mass is 320 g/mol. The van der Waals surface area contributed by atoms with Crippen LogP contribution in [0.15, 0.2) is 23.1 Å². The minimum Gasteiger partial charge on any atom is -0.326 e. The molecule has 0 spiro atoms. The van der Waals surface area contributed by atoms with E-state index in [1.54, 1.807) is 11.8 Å². The van der Waals surface area contributed by atoms with E-state index in [0.717, 1.165) is 24.0 Å². The van der Waals surface area contributed by atoms with E-state index in [9.17, 15) is 12.8 Å². The molecular formula is C13H21FN2O2S2. The first-order valence-corrected chi connectivity index (χ1v) is 9.13. The molecule has 0 aromatic heterocycles. The Kier molecular flexibility index (Phi) is 6.94. The maximum Gasteiger partial charge on any atom is 0.240 e. The van der Waals surface area contributed by atoms with Crippen LogP contribution >= 0.6 is 11.8 Å². The lowest BCUT2D eigenvalue weighted by atomic mass is 10.2. The van der Waals surface area contributed by atoms with E-state index in [0.29, 0.717) is 0 Å². The Morgan fingerprint density at radius 1 is 1.45 bits per heavy atom. The summed E-state index contributed by atoms with van der Waals surface area (Å²) in [6.07, 6.45) is 0.753. The van der Waals surface area contributed by atoms with Gasteiger partial charge in [0.25, 0.3) is 0 Å². The van der Waals surface area contributed by atoms with Gasteiger partial charge in [-0.2, -0.15) is 11.8 Å². The zero-order chi connectivity index (χ0) is 15.2. The van der Waals surface area contributed by atoms with Crippen LogP contribution in [-0.2, 0) is 16.6 Å². The third-order valence-corrected chi connectivity index (χ3v) is 5.32. The number of hydrogen-bond acceptors (Lipinski definition) is 4. The second-order valence-electron chi connectivity index (χ2n) is 4.47. The van der Waals surface area contributed by atoms with Gasteiger partial charge in [0.2, 0.25) is 10.0 Å². The third kappa shape index (κ3) is 5.05. The molecule has 0 heterocycles. The van der Waals surface area contributed by atoms with Crippen LogP contribution in [0.3, 0.4) is 0 Å². The van der Waals surface area contributed by atoms with Gasteiger partial charge in [-0.05, 0) is 43.0 Å². The Bertz CT molecular complexity index is 535. The van der Waals surface area contributed by atoms with Crippen LogP contribution in [0.25, 0.3) is 0 Å². The van der Waals surface area contributed by atoms with Gasteiger partial charge in [0.1, 0.15) is 5.82 Å². The zero-order valence-electron chi connectivity index (χ0n) is 11.7. The maximum absolute atomic E-state index is 13.3. The molecular weight excluding hydrogens is 299 g/mol. The first-order chi connectivity index (χ1) is 9.40. The zero-order valence-corrected chi connectivity index (χ0v) is 13.4. The highest BCUT2D eigenvalue weighted by Crippen LogP contribution is 2.15. The van der Waals surface area contributed by atoms with Crippen molar-refractivity contribution in [1.29, 1.82) is 0 Å². The average molecular weight is 320 g/mol. The fraction of sp³-hybridized carbons (Fsp3) is 0.538. The lowest BCUT2D eigenvalue weighted by molar-refractivity contribution is 0.556. The second-order valence-corrected chi connectivity index (χ2v) is 7.57. The van der Waals surface area contributed by atoms with E-state index in [2.05, 4.69) is 11.6 Å². The predicted molar refractivity (Wildman–Crippen MR) is 81.7 cm³/mol. The molecule has 0 bridgehead atoms. The van der Waals surface area contributed by atoms with Gasteiger partial charge in [0, 0.05) is 18.2 Å². The number of nitrogens with one attached hydrogen (secondary N) is 1. The van der Waals surface area contributed by atoms with Gasteiger partial charge in [-0.15, -0.1) is 0 Å². The summed E-state index contributed by atoms with van der Waals surface area (Å²) in [4.78, 5) is 0.0503. The Balaban J connectivity index is 2.78. The molecule has 0 aliphatic carbocycles. The summed E-state index contributed by atoms with van der Waals surface area (Å²) in [6.45, 7) is 3.85. The highest BCUT2D eigenvalue weighted by Gasteiger charge is 2.18. The number of hydrogen-bond donors (Lipinski definition) is 2. The highest BCUT2D eigenvalue weighted by atomic mass is 32.2. The summed E-state index contributed by atoms with van der Waals surface area (Å²) in [7, 11) is -3.63. The Labute approximate surface area is 124 Å². The molecule has 1 atom stereocenters. The molecule has 1 unspecified atom stereocenters. The summed E-state index contributed by atoms with van der Waals surface area (Å²) < 4.78 is 40.3. The number of thioether (sulfide) groups is 1. The molecule has 4 nitrogen and oxygen atoms in total. The number of sulfonamides is 1. The molecule has 0 radical (unpaired) electrons. The van der Waals surface area contributed by atoms with Gasteiger partial charge < -0.3 is 5.73 Å². The minimum atomic E-state index is -3.63. The van der Waals surface area contributed by atoms with E-state index in [1.165, 1.54) is 12.1 Å². The van der Waals surface area contributed by atoms with Gasteiger partial charge in [-0.1, -0.05) is 6.92 Å². The molecule has 7 heteroatoms. The summed E-state index contributed by atoms with van der Waals surface area (Å²) in [6, 6.07) is 3.51. The van der Waals surface area contributed by atoms with E-state index in [4.69, 9.17) is 5.73 Å². The van der Waals surface area contributed by atoms with Gasteiger partial charge in [-0.3, -0.25) is 0 Å². The summed E-state index contributed by atoms with van der Waals surface area (Å²) in [5.41, 5.74) is 5.58. The molecule has 0 aliphatic rings. The first-order valence-electron chi connectivity index (χ1n) is 6.49. The van der Waals surface area contributed by atoms with Crippen molar-refractivity contribution < 1.29 is 12.8 Å². The van der Waals surface area contributed by atoms with Crippen molar-refractivity contribution >= 4 is 21.8 Å². The van der Waals surface area contributed by atoms with Gasteiger partial charge in [0.15, 0.2) is 0 Å². The van der Waals surface area contributed by atoms with Gasteiger partial charge in [0.05, 0.1) is 4.90 Å². The third-order valence-electron chi connectivity index (χ3n) is 2.80. The normalized spacial score (nSPS) is 13.4. The Hall–Kier alpha value is -0.630. The quantitative estimate of drug-likeness (QED) is 0.720. The SMILES string of the molecule is CCSCCC(C)NS(=O)(=O)c1ccc(F)c(CN)c1. The lowest BCUT2D eigenvalue weighted by Crippen LogP contribution is -2.33. The molecule has 0 saturated carbocycles. The fourth-order valence-electron chi connectivity index (χ4n) is 1.67. The Morgan fingerprint density at radius 2 is 2.15 bits per heavy atom. The first kappa shape index (κ1) is 17.4. The molecule has 0 amide bonds. The van der Waals surface area contributed by atoms with Crippen LogP contribution in [0.1, 0.15) is 25.8 Å². The number of nitrogens with two attached hydrogens (primary N) is 1. The summed E-state index contributed by atoms with van der Waals surface area (Å²) >= 11 is 1.77. The maximum atomic E-state index is 13.3. The summed E-state index contributed by atoms with van der Waals surface area (Å²) in [5.74, 6) is 1.42. The van der Waals surface area contributed by atoms with Crippen molar-refractivity contribution in [2.75, 3.05) is 11.5 Å². The van der Waals surface area contributed by atoms with Gasteiger partial charge in [-0.25, -0.2) is 17.5 Å². The van der Waals surface area contributed by atoms with E-state index < -0.39 is 15.8 Å². The lowest BCUT2D eigenvalue weighted by Gasteiger charge is -2.14. The van der Waals surface area contributed by atoms with Gasteiger partial charge >= 0.3 is 0 Å². The topological polar surface area (TPSA) is 72.2 Å². The summed E-state index contributed by atoms with van der Waals surface area (Å²) in [5, 5.41) is 0. The van der Waals surface area contributed by atoms with Crippen molar-refractivity contribution in [3.05, 3.63) is 29.6 Å². The second kappa shape index (κ2) is 7.97. The Morgan fingerprint density at radius 3 is 2.75 bits per heavy atom. The largest absolute Gasteiger partial charge is 0.326 e. The number of benzene rings is 1. The van der Waals surface area contributed by atoms with E-state index in [1.807, 2.05) is 6.92 Å². The van der Waals surface area contributed by atoms with Crippen LogP contribution in [0.4, 0.5) is 4.39 Å². The molecule has 114 valence electrons. The predicted octanol–water partition coefficient (Wildman–Crippen LogP) is 2.09. The standard InChI is InChI=1S/C13H21FN2O2S2/c1-3-19-7-6-10(2)16-20(17,18)12-4-5-13(14)11(8-12)9-15/h4-5,8,10,16H,3,6-7,9,15H2,1-2H3. The smallest absolute Gasteiger partial charge is 0.240 e. The molecule has 1 aromatic carbocycles. The van der Waals surface area contributed by atoms with Crippen LogP contribution in [0.2, 0.25) is 0 Å². The van der Waals surface area contributed by atoms with Crippen LogP contribution in [-0.4, -0.2) is 26.0 Å². The molecule has 0 aliphatic heterocycles. The van der Waals surface area contributed by atoms with Crippen LogP contribution in [0, 0.1) is 5.82 Å². The highest BCUT2D eigenvalue weighted by molar-refractivity contribution is 7.99. The number of rotatable bonds is 8. The van der Waals surface area contributed by atoms with Crippen LogP contribution < -0.4 is 10.5 Å². The van der Waals surface area contributed by atoms with Crippen molar-refractivity contribution in [3.63, 3.8) is 0 Å². The molecule has 20 heavy (non-hydrogen) atoms. The molecule has 0 saturated heterocycles. The van der Waals surface area contributed by atoms with E-state index >= 15 is 0 Å². The van der Waals surface area contributed by atoms with Crippen molar-refractivity contribution in [3.8, 4) is 0 Å². The van der Waals surface area contributed by atoms with Crippen LogP contribution in [0.5, 0.6) is 0 Å². The molecule has 1 rings (SSSR count). The molecule has 1 aromatic rings. The molecule has 3 N–H and O–H groups in total.